The highest BCUT2D eigenvalue weighted by molar-refractivity contribution is 8.18. The van der Waals surface area contributed by atoms with E-state index in [1.165, 1.54) is 16.7 Å². The van der Waals surface area contributed by atoms with Crippen molar-refractivity contribution >= 4 is 46.7 Å². The van der Waals surface area contributed by atoms with Crippen LogP contribution in [0.3, 0.4) is 0 Å². The number of furan rings is 1. The highest BCUT2D eigenvalue weighted by Gasteiger charge is 2.34. The van der Waals surface area contributed by atoms with Crippen LogP contribution < -0.4 is 0 Å². The van der Waals surface area contributed by atoms with Crippen molar-refractivity contribution in [2.24, 2.45) is 10.2 Å². The number of phenols is 1. The summed E-state index contributed by atoms with van der Waals surface area (Å²) < 4.78 is 5.38. The first-order valence-corrected chi connectivity index (χ1v) is 10.2. The summed E-state index contributed by atoms with van der Waals surface area (Å²) in [6.07, 6.45) is 4.78. The summed E-state index contributed by atoms with van der Waals surface area (Å²) in [5, 5.41) is 19.5. The molecule has 1 aliphatic rings. The standard InChI is InChI=1S/C22H16ClN3O3S/c23-17-9-7-15(8-10-17)13-24-25-22-26(14-18-5-3-11-29-18)21(28)20(30-22)12-16-4-1-2-6-19(16)27/h1-13,27H,14H2/b20-12-,24-13-,25-22+. The Morgan fingerprint density at radius 1 is 1.10 bits per heavy atom. The lowest BCUT2D eigenvalue weighted by Gasteiger charge is -2.12. The second-order valence-electron chi connectivity index (χ2n) is 6.32. The van der Waals surface area contributed by atoms with Gasteiger partial charge in [0.2, 0.25) is 0 Å². The summed E-state index contributed by atoms with van der Waals surface area (Å²) in [5.41, 5.74) is 1.39. The third kappa shape index (κ3) is 4.64. The van der Waals surface area contributed by atoms with E-state index in [0.29, 0.717) is 26.4 Å². The summed E-state index contributed by atoms with van der Waals surface area (Å²) >= 11 is 7.08. The Kier molecular flexibility index (Phi) is 6.02. The predicted octanol–water partition coefficient (Wildman–Crippen LogP) is 5.15. The van der Waals surface area contributed by atoms with Crippen LogP contribution in [0.1, 0.15) is 16.9 Å². The first kappa shape index (κ1) is 20.0. The maximum Gasteiger partial charge on any atom is 0.267 e. The van der Waals surface area contributed by atoms with Gasteiger partial charge in [-0.15, -0.1) is 5.10 Å². The average Bonchev–Trinajstić information content (AvgIpc) is 3.35. The molecule has 0 unspecified atom stereocenters. The van der Waals surface area contributed by atoms with Crippen molar-refractivity contribution in [3.05, 3.63) is 93.7 Å². The van der Waals surface area contributed by atoms with Gasteiger partial charge in [0.1, 0.15) is 11.5 Å². The molecule has 0 bridgehead atoms. The van der Waals surface area contributed by atoms with Crippen LogP contribution in [-0.4, -0.2) is 27.3 Å². The molecule has 4 rings (SSSR count). The van der Waals surface area contributed by atoms with Gasteiger partial charge in [-0.3, -0.25) is 9.69 Å². The lowest BCUT2D eigenvalue weighted by molar-refractivity contribution is -0.122. The molecule has 8 heteroatoms. The van der Waals surface area contributed by atoms with Gasteiger partial charge in [0.05, 0.1) is 23.9 Å². The van der Waals surface area contributed by atoms with E-state index in [-0.39, 0.29) is 18.2 Å². The summed E-state index contributed by atoms with van der Waals surface area (Å²) in [5.74, 6) is 0.490. The monoisotopic (exact) mass is 437 g/mol. The first-order chi connectivity index (χ1) is 14.6. The number of carbonyl (C=O) groups excluding carboxylic acids is 1. The van der Waals surface area contributed by atoms with Crippen LogP contribution in [0.4, 0.5) is 0 Å². The smallest absolute Gasteiger partial charge is 0.267 e. The Balaban J connectivity index is 1.63. The molecule has 6 nitrogen and oxygen atoms in total. The Morgan fingerprint density at radius 2 is 1.90 bits per heavy atom. The molecule has 150 valence electrons. The SMILES string of the molecule is O=C1/C(=C/c2ccccc2O)S/C(=N/N=C\c2ccc(Cl)cc2)N1Cc1ccco1. The molecule has 0 saturated carbocycles. The van der Waals surface area contributed by atoms with Crippen LogP contribution in [0.15, 0.2) is 86.5 Å². The van der Waals surface area contributed by atoms with Crippen LogP contribution in [0.2, 0.25) is 5.02 Å². The Morgan fingerprint density at radius 3 is 2.63 bits per heavy atom. The van der Waals surface area contributed by atoms with Gasteiger partial charge in [-0.2, -0.15) is 5.10 Å². The predicted molar refractivity (Wildman–Crippen MR) is 119 cm³/mol. The molecule has 1 fully saturated rings. The third-order valence-electron chi connectivity index (χ3n) is 4.23. The molecule has 2 heterocycles. The molecule has 1 amide bonds. The van der Waals surface area contributed by atoms with E-state index >= 15 is 0 Å². The van der Waals surface area contributed by atoms with Gasteiger partial charge < -0.3 is 9.52 Å². The molecule has 1 N–H and O–H groups in total. The van der Waals surface area contributed by atoms with E-state index in [9.17, 15) is 9.90 Å². The first-order valence-electron chi connectivity index (χ1n) is 8.98. The zero-order valence-corrected chi connectivity index (χ0v) is 17.2. The van der Waals surface area contributed by atoms with Gasteiger partial charge in [0.15, 0.2) is 5.17 Å². The number of hydrogen-bond donors (Lipinski definition) is 1. The second kappa shape index (κ2) is 9.02. The Labute approximate surface area is 182 Å². The fourth-order valence-corrected chi connectivity index (χ4v) is 3.78. The average molecular weight is 438 g/mol. The van der Waals surface area contributed by atoms with E-state index in [4.69, 9.17) is 16.0 Å². The number of halogens is 1. The molecule has 2 aromatic carbocycles. The second-order valence-corrected chi connectivity index (χ2v) is 7.76. The lowest BCUT2D eigenvalue weighted by atomic mass is 10.2. The number of amidine groups is 1. The lowest BCUT2D eigenvalue weighted by Crippen LogP contribution is -2.28. The van der Waals surface area contributed by atoms with Gasteiger partial charge >= 0.3 is 0 Å². The minimum atomic E-state index is -0.236. The van der Waals surface area contributed by atoms with Gasteiger partial charge in [0.25, 0.3) is 5.91 Å². The maximum absolute atomic E-state index is 13.0. The van der Waals surface area contributed by atoms with Crippen LogP contribution in [0.25, 0.3) is 6.08 Å². The summed E-state index contributed by atoms with van der Waals surface area (Å²) in [6, 6.07) is 17.6. The number of benzene rings is 2. The van der Waals surface area contributed by atoms with Crippen molar-refractivity contribution in [2.75, 3.05) is 0 Å². The maximum atomic E-state index is 13.0. The molecule has 0 spiro atoms. The molecule has 0 aliphatic carbocycles. The number of nitrogens with zero attached hydrogens (tertiary/aromatic N) is 3. The van der Waals surface area contributed by atoms with Crippen molar-refractivity contribution in [3.8, 4) is 5.75 Å². The third-order valence-corrected chi connectivity index (χ3v) is 5.47. The quantitative estimate of drug-likeness (QED) is 0.340. The minimum absolute atomic E-state index is 0.0992. The molecular formula is C22H16ClN3O3S. The van der Waals surface area contributed by atoms with Crippen molar-refractivity contribution < 1.29 is 14.3 Å². The van der Waals surface area contributed by atoms with E-state index in [1.54, 1.807) is 67.1 Å². The molecule has 1 aromatic heterocycles. The summed E-state index contributed by atoms with van der Waals surface area (Å²) in [7, 11) is 0. The normalized spacial score (nSPS) is 17.0. The largest absolute Gasteiger partial charge is 0.507 e. The molecule has 0 atom stereocenters. The van der Waals surface area contributed by atoms with Crippen molar-refractivity contribution in [2.45, 2.75) is 6.54 Å². The van der Waals surface area contributed by atoms with Crippen LogP contribution >= 0.6 is 23.4 Å². The zero-order valence-electron chi connectivity index (χ0n) is 15.6. The number of para-hydroxylation sites is 1. The molecule has 3 aromatic rings. The van der Waals surface area contributed by atoms with E-state index < -0.39 is 0 Å². The van der Waals surface area contributed by atoms with E-state index in [2.05, 4.69) is 10.2 Å². The highest BCUT2D eigenvalue weighted by atomic mass is 35.5. The van der Waals surface area contributed by atoms with Crippen LogP contribution in [0, 0.1) is 0 Å². The van der Waals surface area contributed by atoms with Crippen molar-refractivity contribution in [3.63, 3.8) is 0 Å². The van der Waals surface area contributed by atoms with E-state index in [0.717, 1.165) is 5.56 Å². The Bertz CT molecular complexity index is 1140. The molecule has 30 heavy (non-hydrogen) atoms. The minimum Gasteiger partial charge on any atom is -0.507 e. The number of hydrogen-bond acceptors (Lipinski definition) is 6. The molecule has 1 saturated heterocycles. The molecular weight excluding hydrogens is 422 g/mol. The fraction of sp³-hybridized carbons (Fsp3) is 0.0455. The van der Waals surface area contributed by atoms with Gasteiger partial charge in [0, 0.05) is 10.6 Å². The van der Waals surface area contributed by atoms with E-state index in [1.807, 2.05) is 12.1 Å². The topological polar surface area (TPSA) is 78.4 Å². The summed E-state index contributed by atoms with van der Waals surface area (Å²) in [4.78, 5) is 14.9. The fourth-order valence-electron chi connectivity index (χ4n) is 2.72. The highest BCUT2D eigenvalue weighted by Crippen LogP contribution is 2.35. The number of thioether (sulfide) groups is 1. The van der Waals surface area contributed by atoms with Crippen molar-refractivity contribution in [1.29, 1.82) is 0 Å². The van der Waals surface area contributed by atoms with Gasteiger partial charge in [-0.1, -0.05) is 41.9 Å². The number of carbonyl (C=O) groups is 1. The van der Waals surface area contributed by atoms with Crippen molar-refractivity contribution in [1.82, 2.24) is 4.90 Å². The zero-order chi connectivity index (χ0) is 20.9. The number of phenolic OH excluding ortho intramolecular Hbond substituents is 1. The van der Waals surface area contributed by atoms with Crippen LogP contribution in [-0.2, 0) is 11.3 Å². The Hall–Kier alpha value is -3.29. The van der Waals surface area contributed by atoms with Crippen LogP contribution in [0.5, 0.6) is 5.75 Å². The molecule has 1 aliphatic heterocycles. The molecule has 0 radical (unpaired) electrons. The number of rotatable bonds is 5. The van der Waals surface area contributed by atoms with Gasteiger partial charge in [-0.25, -0.2) is 0 Å². The number of aromatic hydroxyl groups is 1. The summed E-state index contributed by atoms with van der Waals surface area (Å²) in [6.45, 7) is 0.228. The van der Waals surface area contributed by atoms with Gasteiger partial charge in [-0.05, 0) is 53.7 Å². The number of amides is 1.